The third kappa shape index (κ3) is 8.82. The molecule has 2 aliphatic heterocycles. The first-order valence-corrected chi connectivity index (χ1v) is 18.3. The van der Waals surface area contributed by atoms with Crippen molar-refractivity contribution < 1.29 is 59.8 Å². The van der Waals surface area contributed by atoms with Crippen LogP contribution in [0.4, 0.5) is 9.93 Å². The van der Waals surface area contributed by atoms with E-state index in [2.05, 4.69) is 30.1 Å². The van der Waals surface area contributed by atoms with Crippen molar-refractivity contribution >= 4 is 69.2 Å². The average molecular weight is 845 g/mol. The normalized spacial score (nSPS) is 16.9. The number of methoxy groups -OCH3 is 1. The molecular weight excluding hydrogens is 806 g/mol. The molecule has 1 saturated heterocycles. The van der Waals surface area contributed by atoms with E-state index in [1.165, 1.54) is 16.7 Å². The molecule has 17 nitrogen and oxygen atoms in total. The first-order chi connectivity index (χ1) is 25.4. The SMILES string of the molecule is CCO/N=C(\C(=O)NC1C(=O)N2C(C(=O)OCc3ccc(OC)cc3)=C(C[n+]3cn(C)c4cccnc43)CSC12)c1nsc(NC(=O)OC(C)(C)C)n1.[Br-]. The first kappa shape index (κ1) is 40.1. The van der Waals surface area contributed by atoms with Crippen molar-refractivity contribution in [3.05, 3.63) is 71.6 Å². The summed E-state index contributed by atoms with van der Waals surface area (Å²) in [7, 11) is 3.47. The van der Waals surface area contributed by atoms with Gasteiger partial charge in [-0.15, -0.1) is 16.7 Å². The highest BCUT2D eigenvalue weighted by atomic mass is 79.9. The van der Waals surface area contributed by atoms with E-state index in [9.17, 15) is 19.2 Å². The van der Waals surface area contributed by atoms with Crippen molar-refractivity contribution in [2.75, 3.05) is 24.8 Å². The predicted octanol–water partition coefficient (Wildman–Crippen LogP) is -0.0899. The summed E-state index contributed by atoms with van der Waals surface area (Å²) in [6, 6.07) is 9.87. The number of pyridine rings is 1. The Labute approximate surface area is 329 Å². The number of imidazole rings is 1. The van der Waals surface area contributed by atoms with E-state index in [-0.39, 0.29) is 59.1 Å². The van der Waals surface area contributed by atoms with E-state index in [1.807, 2.05) is 34.6 Å². The van der Waals surface area contributed by atoms with Gasteiger partial charge in [-0.25, -0.2) is 14.2 Å². The quantitative estimate of drug-likeness (QED) is 0.0635. The van der Waals surface area contributed by atoms with Crippen LogP contribution in [0.25, 0.3) is 11.2 Å². The van der Waals surface area contributed by atoms with Crippen LogP contribution in [0.15, 0.2) is 65.3 Å². The van der Waals surface area contributed by atoms with Crippen molar-refractivity contribution in [2.45, 2.75) is 57.9 Å². The Morgan fingerprint density at radius 2 is 1.91 bits per heavy atom. The number of hydrogen-bond acceptors (Lipinski definition) is 14. The molecule has 2 aliphatic rings. The molecule has 6 rings (SSSR count). The maximum absolute atomic E-state index is 13.9. The first-order valence-electron chi connectivity index (χ1n) is 16.5. The number of β-lactam (4-membered cyclic amide) rings is 1. The smallest absolute Gasteiger partial charge is 0.414 e. The maximum atomic E-state index is 13.9. The van der Waals surface area contributed by atoms with Gasteiger partial charge in [0.05, 0.1) is 20.7 Å². The van der Waals surface area contributed by atoms with Crippen molar-refractivity contribution in [1.29, 1.82) is 0 Å². The number of fused-ring (bicyclic) bond motifs is 2. The number of aryl methyl sites for hydroxylation is 1. The van der Waals surface area contributed by atoms with Crippen LogP contribution in [0.3, 0.4) is 0 Å². The largest absolute Gasteiger partial charge is 1.00 e. The second kappa shape index (κ2) is 16.9. The topological polar surface area (TPSA) is 192 Å². The fourth-order valence-electron chi connectivity index (χ4n) is 5.55. The van der Waals surface area contributed by atoms with Gasteiger partial charge in [-0.1, -0.05) is 17.3 Å². The highest BCUT2D eigenvalue weighted by Crippen LogP contribution is 2.41. The monoisotopic (exact) mass is 843 g/mol. The second-order valence-corrected chi connectivity index (χ2v) is 14.7. The number of carbonyl (C=O) groups is 4. The molecule has 5 heterocycles. The lowest BCUT2D eigenvalue weighted by atomic mass is 10.0. The van der Waals surface area contributed by atoms with Gasteiger partial charge >= 0.3 is 17.7 Å². The fraction of sp³-hybridized carbons (Fsp3) is 0.382. The zero-order chi connectivity index (χ0) is 37.9. The second-order valence-electron chi connectivity index (χ2n) is 12.8. The van der Waals surface area contributed by atoms with Crippen LogP contribution in [0.5, 0.6) is 5.75 Å². The average Bonchev–Trinajstić information content (AvgIpc) is 3.72. The number of rotatable bonds is 12. The molecule has 0 bridgehead atoms. The lowest BCUT2D eigenvalue weighted by Gasteiger charge is -2.49. The molecule has 2 atom stereocenters. The van der Waals surface area contributed by atoms with Crippen LogP contribution in [0.2, 0.25) is 0 Å². The number of hydrogen-bond donors (Lipinski definition) is 2. The number of oxime groups is 1. The Morgan fingerprint density at radius 3 is 2.61 bits per heavy atom. The molecule has 54 heavy (non-hydrogen) atoms. The Kier molecular flexibility index (Phi) is 12.6. The standard InChI is InChI=1S/C34H37N9O8S2.BrH/c1-7-50-39-23(26-37-32(53-40-26)38-33(47)51-34(2,3)4)28(44)36-24-29(45)43-25(31(46)49-16-19-10-12-21(48-6)13-11-19)20(17-52-30(24)43)15-42-18-41(5)22-9-8-14-35-27(22)42;/h8-14,18,24,30H,7,15-17H2,1-6H3,(H-,36,37,38,40,44,47);1H/b39-23-;. The van der Waals surface area contributed by atoms with E-state index < -0.39 is 40.9 Å². The van der Waals surface area contributed by atoms with Gasteiger partial charge in [-0.3, -0.25) is 24.4 Å². The van der Waals surface area contributed by atoms with Crippen molar-refractivity contribution in [2.24, 2.45) is 12.2 Å². The number of anilines is 1. The number of nitrogens with one attached hydrogen (secondary N) is 2. The maximum Gasteiger partial charge on any atom is 0.414 e. The van der Waals surface area contributed by atoms with Crippen LogP contribution in [0, 0.1) is 0 Å². The minimum atomic E-state index is -1.02. The van der Waals surface area contributed by atoms with Gasteiger partial charge in [0.25, 0.3) is 11.8 Å². The minimum absolute atomic E-state index is 0. The Morgan fingerprint density at radius 1 is 1.15 bits per heavy atom. The molecule has 0 saturated carbocycles. The lowest BCUT2D eigenvalue weighted by molar-refractivity contribution is -0.665. The van der Waals surface area contributed by atoms with Crippen LogP contribution in [-0.2, 0) is 48.9 Å². The number of esters is 1. The third-order valence-corrected chi connectivity index (χ3v) is 9.86. The molecular formula is C34H38BrN9O8S2. The van der Waals surface area contributed by atoms with E-state index >= 15 is 0 Å². The predicted molar refractivity (Wildman–Crippen MR) is 194 cm³/mol. The summed E-state index contributed by atoms with van der Waals surface area (Å²) in [6.45, 7) is 7.20. The van der Waals surface area contributed by atoms with Gasteiger partial charge in [0, 0.05) is 22.9 Å². The highest BCUT2D eigenvalue weighted by molar-refractivity contribution is 8.00. The van der Waals surface area contributed by atoms with E-state index in [0.29, 0.717) is 22.7 Å². The van der Waals surface area contributed by atoms with E-state index in [4.69, 9.17) is 19.0 Å². The summed E-state index contributed by atoms with van der Waals surface area (Å²) in [5.74, 6) is -1.08. The number of nitrogens with zero attached hydrogens (tertiary/aromatic N) is 7. The molecule has 2 N–H and O–H groups in total. The van der Waals surface area contributed by atoms with Crippen LogP contribution >= 0.6 is 23.3 Å². The molecule has 1 aromatic carbocycles. The molecule has 1 fully saturated rings. The van der Waals surface area contributed by atoms with Crippen LogP contribution in [0.1, 0.15) is 39.1 Å². The number of carbonyl (C=O) groups excluding carboxylic acids is 4. The van der Waals surface area contributed by atoms with E-state index in [1.54, 1.807) is 65.3 Å². The van der Waals surface area contributed by atoms with Gasteiger partial charge in [0.1, 0.15) is 47.9 Å². The summed E-state index contributed by atoms with van der Waals surface area (Å²) in [5.41, 5.74) is 2.06. The number of ether oxygens (including phenoxy) is 3. The number of aromatic nitrogens is 5. The fourth-order valence-corrected chi connectivity index (χ4v) is 7.44. The number of thioether (sulfide) groups is 1. The minimum Gasteiger partial charge on any atom is -1.00 e. The van der Waals surface area contributed by atoms with E-state index in [0.717, 1.165) is 22.6 Å². The summed E-state index contributed by atoms with van der Waals surface area (Å²) in [4.78, 5) is 68.9. The Bertz CT molecular complexity index is 2110. The summed E-state index contributed by atoms with van der Waals surface area (Å²) in [5, 5.41) is 8.54. The molecule has 0 aliphatic carbocycles. The number of amides is 3. The van der Waals surface area contributed by atoms with Crippen LogP contribution in [-0.4, -0.2) is 89.9 Å². The van der Waals surface area contributed by atoms with Crippen LogP contribution < -0.4 is 36.9 Å². The molecule has 3 amide bonds. The highest BCUT2D eigenvalue weighted by Gasteiger charge is 2.55. The molecule has 2 unspecified atom stereocenters. The molecule has 3 aromatic heterocycles. The molecule has 4 aromatic rings. The Balaban J connectivity index is 0.00000561. The number of halogens is 1. The summed E-state index contributed by atoms with van der Waals surface area (Å²) in [6.07, 6.45) is 2.82. The van der Waals surface area contributed by atoms with Gasteiger partial charge in [-0.2, -0.15) is 9.36 Å². The molecule has 20 heteroatoms. The third-order valence-electron chi connectivity index (χ3n) is 7.89. The summed E-state index contributed by atoms with van der Waals surface area (Å²) < 4.78 is 24.2. The van der Waals surface area contributed by atoms with Crippen molar-refractivity contribution in [3.8, 4) is 5.75 Å². The molecule has 0 spiro atoms. The Hall–Kier alpha value is -5.08. The van der Waals surface area contributed by atoms with Crippen molar-refractivity contribution in [1.82, 2.24) is 29.1 Å². The van der Waals surface area contributed by atoms with Gasteiger partial charge < -0.3 is 41.3 Å². The zero-order valence-corrected chi connectivity index (χ0v) is 33.4. The zero-order valence-electron chi connectivity index (χ0n) is 30.2. The van der Waals surface area contributed by atoms with Gasteiger partial charge in [-0.05, 0) is 57.5 Å². The number of benzene rings is 1. The van der Waals surface area contributed by atoms with Crippen molar-refractivity contribution in [3.63, 3.8) is 0 Å². The van der Waals surface area contributed by atoms with Gasteiger partial charge in [0.2, 0.25) is 16.7 Å². The lowest BCUT2D eigenvalue weighted by Crippen LogP contribution is -3.00. The van der Waals surface area contributed by atoms with Gasteiger partial charge in [0.15, 0.2) is 11.8 Å². The molecule has 0 radical (unpaired) electrons. The summed E-state index contributed by atoms with van der Waals surface area (Å²) >= 11 is 2.21. The molecule has 286 valence electrons.